The Balaban J connectivity index is 1.33. The van der Waals surface area contributed by atoms with Gasteiger partial charge in [0.05, 0.1) is 23.7 Å². The number of anilines is 1. The highest BCUT2D eigenvalue weighted by molar-refractivity contribution is 6.00. The molecule has 0 amide bonds. The highest BCUT2D eigenvalue weighted by Gasteiger charge is 2.42. The molecular formula is C37H43N3O4. The molecule has 44 heavy (non-hydrogen) atoms. The number of esters is 2. The Labute approximate surface area is 260 Å². The molecule has 7 nitrogen and oxygen atoms in total. The largest absolute Gasteiger partial charge is 0.463 e. The lowest BCUT2D eigenvalue weighted by molar-refractivity contribution is -0.152. The first-order valence-corrected chi connectivity index (χ1v) is 15.5. The highest BCUT2D eigenvalue weighted by atomic mass is 16.6. The summed E-state index contributed by atoms with van der Waals surface area (Å²) in [5, 5.41) is 3.24. The topological polar surface area (TPSA) is 93.9 Å². The molecule has 1 fully saturated rings. The zero-order chi connectivity index (χ0) is 31.3. The second-order valence-electron chi connectivity index (χ2n) is 12.1. The summed E-state index contributed by atoms with van der Waals surface area (Å²) >= 11 is 0. The monoisotopic (exact) mass is 593 g/mol. The number of benzene rings is 3. The summed E-state index contributed by atoms with van der Waals surface area (Å²) < 4.78 is 11.8. The molecule has 1 saturated heterocycles. The third-order valence-corrected chi connectivity index (χ3v) is 8.71. The molecule has 0 aromatic heterocycles. The second-order valence-corrected chi connectivity index (χ2v) is 12.1. The fourth-order valence-corrected chi connectivity index (χ4v) is 6.60. The number of rotatable bonds is 10. The number of hydrogen-bond acceptors (Lipinski definition) is 7. The molecule has 2 heterocycles. The van der Waals surface area contributed by atoms with E-state index in [1.165, 1.54) is 11.1 Å². The molecule has 0 radical (unpaired) electrons. The lowest BCUT2D eigenvalue weighted by Crippen LogP contribution is -2.39. The quantitative estimate of drug-likeness (QED) is 0.211. The summed E-state index contributed by atoms with van der Waals surface area (Å²) in [4.78, 5) is 29.7. The molecule has 7 heteroatoms. The number of dihydropyridines is 1. The van der Waals surface area contributed by atoms with Crippen LogP contribution in [0.15, 0.2) is 107 Å². The minimum atomic E-state index is -0.667. The van der Waals surface area contributed by atoms with E-state index in [-0.39, 0.29) is 12.5 Å². The normalized spacial score (nSPS) is 20.5. The first-order chi connectivity index (χ1) is 21.2. The SMILES string of the molecule is CCOC(=O)C1=C(C)NC(C)=C(C(=O)OC2(C)CCN(CCC(c3ccccc3)c3ccccc3)C2)C1c1cccc(N)c1. The summed E-state index contributed by atoms with van der Waals surface area (Å²) in [7, 11) is 0. The maximum Gasteiger partial charge on any atom is 0.337 e. The van der Waals surface area contributed by atoms with Crippen molar-refractivity contribution in [1.82, 2.24) is 10.2 Å². The molecule has 3 N–H and O–H groups in total. The standard InChI is InChI=1S/C37H43N3O4/c1-5-43-35(41)32-25(2)39-26(3)33(34(32)29-17-12-18-30(38)23-29)36(42)44-37(4)20-22-40(24-37)21-19-31(27-13-8-6-9-14-27)28-15-10-7-11-16-28/h6-18,23,31,34,39H,5,19-22,24,38H2,1-4H3. The van der Waals surface area contributed by atoms with Crippen molar-refractivity contribution in [3.8, 4) is 0 Å². The van der Waals surface area contributed by atoms with Crippen molar-refractivity contribution < 1.29 is 19.1 Å². The molecule has 2 aliphatic heterocycles. The Morgan fingerprint density at radius 3 is 2.14 bits per heavy atom. The number of nitrogens with one attached hydrogen (secondary N) is 1. The fourth-order valence-electron chi connectivity index (χ4n) is 6.60. The number of hydrogen-bond donors (Lipinski definition) is 2. The molecule has 2 unspecified atom stereocenters. The summed E-state index contributed by atoms with van der Waals surface area (Å²) in [5.41, 5.74) is 11.5. The second kappa shape index (κ2) is 13.5. The van der Waals surface area contributed by atoms with Gasteiger partial charge >= 0.3 is 11.9 Å². The van der Waals surface area contributed by atoms with Crippen LogP contribution in [0.3, 0.4) is 0 Å². The Hall–Kier alpha value is -4.36. The van der Waals surface area contributed by atoms with E-state index in [0.717, 1.165) is 31.5 Å². The lowest BCUT2D eigenvalue weighted by Gasteiger charge is -2.33. The van der Waals surface area contributed by atoms with Crippen molar-refractivity contribution in [3.05, 3.63) is 124 Å². The number of nitrogen functional groups attached to an aromatic ring is 1. The van der Waals surface area contributed by atoms with Crippen molar-refractivity contribution in [1.29, 1.82) is 0 Å². The zero-order valence-electron chi connectivity index (χ0n) is 26.1. The van der Waals surface area contributed by atoms with Gasteiger partial charge in [-0.3, -0.25) is 4.90 Å². The Bertz CT molecular complexity index is 1510. The van der Waals surface area contributed by atoms with Crippen LogP contribution in [-0.4, -0.2) is 48.7 Å². The van der Waals surface area contributed by atoms with Gasteiger partial charge in [-0.25, -0.2) is 9.59 Å². The maximum atomic E-state index is 14.1. The first kappa shape index (κ1) is 31.1. The Morgan fingerprint density at radius 2 is 1.55 bits per heavy atom. The fraction of sp³-hybridized carbons (Fsp3) is 0.351. The average molecular weight is 594 g/mol. The van der Waals surface area contributed by atoms with Gasteiger partial charge in [0.2, 0.25) is 0 Å². The van der Waals surface area contributed by atoms with Crippen LogP contribution in [0.25, 0.3) is 0 Å². The van der Waals surface area contributed by atoms with Gasteiger partial charge in [0, 0.05) is 42.5 Å². The van der Waals surface area contributed by atoms with Gasteiger partial charge in [-0.1, -0.05) is 72.8 Å². The summed E-state index contributed by atoms with van der Waals surface area (Å²) in [5.74, 6) is -1.28. The van der Waals surface area contributed by atoms with Crippen LogP contribution in [0.4, 0.5) is 5.69 Å². The van der Waals surface area contributed by atoms with Gasteiger partial charge < -0.3 is 20.5 Å². The van der Waals surface area contributed by atoms with Crippen molar-refractivity contribution in [2.45, 2.75) is 58.0 Å². The molecule has 0 bridgehead atoms. The molecule has 0 aliphatic carbocycles. The van der Waals surface area contributed by atoms with Crippen molar-refractivity contribution >= 4 is 17.6 Å². The van der Waals surface area contributed by atoms with Crippen LogP contribution < -0.4 is 11.1 Å². The minimum absolute atomic E-state index is 0.227. The molecule has 230 valence electrons. The van der Waals surface area contributed by atoms with E-state index < -0.39 is 23.5 Å². The van der Waals surface area contributed by atoms with E-state index >= 15 is 0 Å². The van der Waals surface area contributed by atoms with Crippen LogP contribution in [0.1, 0.15) is 69.1 Å². The van der Waals surface area contributed by atoms with E-state index in [9.17, 15) is 9.59 Å². The number of nitrogens with two attached hydrogens (primary N) is 1. The van der Waals surface area contributed by atoms with Crippen molar-refractivity contribution in [2.75, 3.05) is 32.0 Å². The van der Waals surface area contributed by atoms with E-state index in [1.807, 2.05) is 32.9 Å². The van der Waals surface area contributed by atoms with Gasteiger partial charge in [0.1, 0.15) is 5.60 Å². The molecule has 0 saturated carbocycles. The predicted molar refractivity (Wildman–Crippen MR) is 174 cm³/mol. The summed E-state index contributed by atoms with van der Waals surface area (Å²) in [6.45, 7) is 10.0. The van der Waals surface area contributed by atoms with Crippen molar-refractivity contribution in [2.24, 2.45) is 0 Å². The Kier molecular flexibility index (Phi) is 9.55. The summed E-state index contributed by atoms with van der Waals surface area (Å²) in [6.07, 6.45) is 1.68. The number of nitrogens with zero attached hydrogens (tertiary/aromatic N) is 1. The molecule has 5 rings (SSSR count). The molecule has 3 aromatic rings. The van der Waals surface area contributed by atoms with E-state index in [2.05, 4.69) is 70.9 Å². The summed E-state index contributed by atoms with van der Waals surface area (Å²) in [6, 6.07) is 28.6. The van der Waals surface area contributed by atoms with E-state index in [0.29, 0.717) is 34.8 Å². The van der Waals surface area contributed by atoms with Crippen LogP contribution in [0.2, 0.25) is 0 Å². The zero-order valence-corrected chi connectivity index (χ0v) is 26.1. The molecule has 2 atom stereocenters. The predicted octanol–water partition coefficient (Wildman–Crippen LogP) is 6.30. The number of ether oxygens (including phenoxy) is 2. The van der Waals surface area contributed by atoms with E-state index in [1.54, 1.807) is 19.1 Å². The number of carbonyl (C=O) groups excluding carboxylic acids is 2. The van der Waals surface area contributed by atoms with Crippen molar-refractivity contribution in [3.63, 3.8) is 0 Å². The average Bonchev–Trinajstić information content (AvgIpc) is 3.37. The third kappa shape index (κ3) is 6.89. The third-order valence-electron chi connectivity index (χ3n) is 8.71. The highest BCUT2D eigenvalue weighted by Crippen LogP contribution is 2.41. The molecule has 0 spiro atoms. The first-order valence-electron chi connectivity index (χ1n) is 15.5. The minimum Gasteiger partial charge on any atom is -0.463 e. The van der Waals surface area contributed by atoms with Gasteiger partial charge in [0.15, 0.2) is 0 Å². The van der Waals surface area contributed by atoms with Gasteiger partial charge in [0.25, 0.3) is 0 Å². The number of carbonyl (C=O) groups is 2. The van der Waals surface area contributed by atoms with Crippen LogP contribution >= 0.6 is 0 Å². The smallest absolute Gasteiger partial charge is 0.337 e. The number of allylic oxidation sites excluding steroid dienone is 2. The van der Waals surface area contributed by atoms with E-state index in [4.69, 9.17) is 15.2 Å². The van der Waals surface area contributed by atoms with Gasteiger partial charge in [-0.05, 0) is 69.5 Å². The molecule has 2 aliphatic rings. The van der Waals surface area contributed by atoms with Gasteiger partial charge in [-0.2, -0.15) is 0 Å². The van der Waals surface area contributed by atoms with Gasteiger partial charge in [-0.15, -0.1) is 0 Å². The number of likely N-dealkylation sites (tertiary alicyclic amines) is 1. The van der Waals surface area contributed by atoms with Crippen LogP contribution in [-0.2, 0) is 19.1 Å². The maximum absolute atomic E-state index is 14.1. The lowest BCUT2D eigenvalue weighted by atomic mass is 9.80. The van der Waals surface area contributed by atoms with Crippen LogP contribution in [0, 0.1) is 0 Å². The van der Waals surface area contributed by atoms with Crippen LogP contribution in [0.5, 0.6) is 0 Å². The molecular weight excluding hydrogens is 550 g/mol. The molecule has 3 aromatic carbocycles. The Morgan fingerprint density at radius 1 is 0.932 bits per heavy atom.